The van der Waals surface area contributed by atoms with Gasteiger partial charge in [0.1, 0.15) is 29.8 Å². The van der Waals surface area contributed by atoms with Crippen LogP contribution in [0.5, 0.6) is 0 Å². The Hall–Kier alpha value is -4.83. The molecule has 0 bridgehead atoms. The first-order valence-corrected chi connectivity index (χ1v) is 14.5. The third-order valence-electron chi connectivity index (χ3n) is 7.06. The van der Waals surface area contributed by atoms with Crippen LogP contribution in [0.2, 0.25) is 0 Å². The van der Waals surface area contributed by atoms with E-state index >= 15 is 0 Å². The first-order valence-electron chi connectivity index (χ1n) is 13.5. The summed E-state index contributed by atoms with van der Waals surface area (Å²) >= 11 is 1.32. The molecule has 1 aliphatic rings. The largest absolute Gasteiger partial charge is 0.350 e. The predicted octanol–water partition coefficient (Wildman–Crippen LogP) is 6.44. The molecule has 5 aromatic rings. The molecule has 1 aromatic heterocycles. The van der Waals surface area contributed by atoms with E-state index in [1.165, 1.54) is 53.1 Å². The summed E-state index contributed by atoms with van der Waals surface area (Å²) in [6.45, 7) is -0.189. The number of thioether (sulfide) groups is 1. The minimum atomic E-state index is -0.508. The number of amides is 2. The Morgan fingerprint density at radius 1 is 0.860 bits per heavy atom. The molecular formula is C33H25F3N4O2S. The van der Waals surface area contributed by atoms with Crippen LogP contribution < -0.4 is 10.2 Å². The Labute approximate surface area is 250 Å². The van der Waals surface area contributed by atoms with Gasteiger partial charge in [-0.3, -0.25) is 14.5 Å². The topological polar surface area (TPSA) is 67.2 Å². The molecule has 0 spiro atoms. The zero-order valence-electron chi connectivity index (χ0n) is 22.7. The fourth-order valence-corrected chi connectivity index (χ4v) is 6.21. The zero-order valence-corrected chi connectivity index (χ0v) is 23.5. The lowest BCUT2D eigenvalue weighted by Gasteiger charge is -2.23. The zero-order chi connectivity index (χ0) is 29.9. The fourth-order valence-electron chi connectivity index (χ4n) is 5.03. The third kappa shape index (κ3) is 6.05. The van der Waals surface area contributed by atoms with Gasteiger partial charge in [-0.2, -0.15) is 5.10 Å². The number of carbonyl (C=O) groups is 2. The summed E-state index contributed by atoms with van der Waals surface area (Å²) in [4.78, 5) is 28.4. The Balaban J connectivity index is 1.49. The van der Waals surface area contributed by atoms with Gasteiger partial charge >= 0.3 is 0 Å². The molecular weight excluding hydrogens is 573 g/mol. The average molecular weight is 599 g/mol. The number of nitrogens with one attached hydrogen (secondary N) is 1. The Bertz CT molecular complexity index is 1780. The van der Waals surface area contributed by atoms with Crippen LogP contribution in [-0.4, -0.2) is 33.9 Å². The molecule has 0 saturated carbocycles. The van der Waals surface area contributed by atoms with Crippen molar-refractivity contribution in [3.63, 3.8) is 0 Å². The van der Waals surface area contributed by atoms with Crippen molar-refractivity contribution in [2.24, 2.45) is 0 Å². The van der Waals surface area contributed by atoms with Crippen molar-refractivity contribution in [2.45, 2.75) is 11.8 Å². The van der Waals surface area contributed by atoms with Crippen LogP contribution >= 0.6 is 11.8 Å². The van der Waals surface area contributed by atoms with Crippen molar-refractivity contribution in [2.75, 3.05) is 17.2 Å². The summed E-state index contributed by atoms with van der Waals surface area (Å²) in [5.41, 5.74) is 3.75. The lowest BCUT2D eigenvalue weighted by Crippen LogP contribution is -2.42. The minimum absolute atomic E-state index is 0.0126. The number of carbonyl (C=O) groups excluding carboxylic acids is 2. The van der Waals surface area contributed by atoms with E-state index in [1.54, 1.807) is 41.1 Å². The number of fused-ring (bicyclic) bond motifs is 1. The van der Waals surface area contributed by atoms with Crippen LogP contribution in [0.4, 0.5) is 19.0 Å². The van der Waals surface area contributed by atoms with Gasteiger partial charge in [-0.05, 0) is 59.7 Å². The van der Waals surface area contributed by atoms with Gasteiger partial charge in [0.15, 0.2) is 0 Å². The van der Waals surface area contributed by atoms with E-state index in [-0.39, 0.29) is 30.6 Å². The second kappa shape index (κ2) is 12.2. The van der Waals surface area contributed by atoms with Gasteiger partial charge in [-0.1, -0.05) is 54.6 Å². The molecule has 0 fully saturated rings. The van der Waals surface area contributed by atoms with E-state index in [2.05, 4.69) is 5.32 Å². The minimum Gasteiger partial charge on any atom is -0.350 e. The van der Waals surface area contributed by atoms with Crippen LogP contribution in [-0.2, 0) is 16.1 Å². The van der Waals surface area contributed by atoms with Crippen molar-refractivity contribution in [1.82, 2.24) is 15.1 Å². The maximum atomic E-state index is 14.5. The lowest BCUT2D eigenvalue weighted by atomic mass is 9.99. The highest BCUT2D eigenvalue weighted by atomic mass is 32.2. The SMILES string of the molecule is O=C(CN1C(=O)CSC(c2cccc(F)c2)c2c(-c3ccccc3)nn(-c3ccc(F)cc3)c21)NCc1ccc(F)cc1. The molecule has 1 aliphatic heterocycles. The molecule has 216 valence electrons. The quantitative estimate of drug-likeness (QED) is 0.234. The van der Waals surface area contributed by atoms with Gasteiger partial charge in [-0.25, -0.2) is 17.9 Å². The van der Waals surface area contributed by atoms with Gasteiger partial charge in [-0.15, -0.1) is 11.8 Å². The summed E-state index contributed by atoms with van der Waals surface area (Å²) in [6, 6.07) is 27.0. The Morgan fingerprint density at radius 2 is 1.56 bits per heavy atom. The second-order valence-electron chi connectivity index (χ2n) is 9.97. The molecule has 6 nitrogen and oxygen atoms in total. The highest BCUT2D eigenvalue weighted by Gasteiger charge is 2.37. The smallest absolute Gasteiger partial charge is 0.240 e. The number of aromatic nitrogens is 2. The van der Waals surface area contributed by atoms with Crippen LogP contribution in [0.1, 0.15) is 21.9 Å². The standard InChI is InChI=1S/C33H25F3N4O2S/c34-24-11-9-21(10-12-24)18-37-28(41)19-39-29(42)20-43-32(23-7-4-8-26(36)17-23)30-31(22-5-2-1-3-6-22)38-40(33(30)39)27-15-13-25(35)14-16-27/h1-17,32H,18-20H2,(H,37,41). The van der Waals surface area contributed by atoms with E-state index in [0.717, 1.165) is 5.56 Å². The second-order valence-corrected chi connectivity index (χ2v) is 11.1. The Kier molecular flexibility index (Phi) is 8.02. The maximum Gasteiger partial charge on any atom is 0.240 e. The van der Waals surface area contributed by atoms with E-state index in [4.69, 9.17) is 5.10 Å². The number of nitrogens with zero attached hydrogens (tertiary/aromatic N) is 3. The summed E-state index contributed by atoms with van der Waals surface area (Å²) in [7, 11) is 0. The molecule has 4 aromatic carbocycles. The molecule has 0 radical (unpaired) electrons. The molecule has 0 aliphatic carbocycles. The van der Waals surface area contributed by atoms with Gasteiger partial charge in [0.05, 0.1) is 22.4 Å². The number of anilines is 1. The molecule has 6 rings (SSSR count). The number of halogens is 3. The first kappa shape index (κ1) is 28.3. The van der Waals surface area contributed by atoms with Gasteiger partial charge in [0.25, 0.3) is 0 Å². The van der Waals surface area contributed by atoms with Crippen molar-refractivity contribution in [1.29, 1.82) is 0 Å². The van der Waals surface area contributed by atoms with Crippen LogP contribution in [0.3, 0.4) is 0 Å². The Morgan fingerprint density at radius 3 is 2.26 bits per heavy atom. The first-order chi connectivity index (χ1) is 20.9. The number of hydrogen-bond donors (Lipinski definition) is 1. The lowest BCUT2D eigenvalue weighted by molar-refractivity contribution is -0.123. The molecule has 1 atom stereocenters. The van der Waals surface area contributed by atoms with E-state index in [0.29, 0.717) is 33.9 Å². The van der Waals surface area contributed by atoms with Gasteiger partial charge in [0, 0.05) is 17.7 Å². The third-order valence-corrected chi connectivity index (χ3v) is 8.32. The van der Waals surface area contributed by atoms with Crippen molar-refractivity contribution < 1.29 is 22.8 Å². The van der Waals surface area contributed by atoms with E-state index < -0.39 is 22.8 Å². The molecule has 1 N–H and O–H groups in total. The molecule has 2 amide bonds. The maximum absolute atomic E-state index is 14.5. The molecule has 1 unspecified atom stereocenters. The fraction of sp³-hybridized carbons (Fsp3) is 0.121. The normalized spacial score (nSPS) is 14.7. The molecule has 2 heterocycles. The highest BCUT2D eigenvalue weighted by molar-refractivity contribution is 8.00. The predicted molar refractivity (Wildman–Crippen MR) is 160 cm³/mol. The number of benzene rings is 4. The molecule has 43 heavy (non-hydrogen) atoms. The van der Waals surface area contributed by atoms with E-state index in [9.17, 15) is 22.8 Å². The van der Waals surface area contributed by atoms with Crippen molar-refractivity contribution in [3.05, 3.63) is 137 Å². The molecule has 10 heteroatoms. The van der Waals surface area contributed by atoms with Crippen LogP contribution in [0.15, 0.2) is 103 Å². The van der Waals surface area contributed by atoms with Gasteiger partial charge < -0.3 is 5.32 Å². The summed E-state index contributed by atoms with van der Waals surface area (Å²) in [5, 5.41) is 7.22. The van der Waals surface area contributed by atoms with Crippen molar-refractivity contribution >= 4 is 29.4 Å². The summed E-state index contributed by atoms with van der Waals surface area (Å²) in [5.74, 6) is -1.67. The van der Waals surface area contributed by atoms with E-state index in [1.807, 2.05) is 30.3 Å². The van der Waals surface area contributed by atoms with Crippen LogP contribution in [0.25, 0.3) is 16.9 Å². The summed E-state index contributed by atoms with van der Waals surface area (Å²) < 4.78 is 43.3. The van der Waals surface area contributed by atoms with Crippen molar-refractivity contribution in [3.8, 4) is 16.9 Å². The average Bonchev–Trinajstić information content (AvgIpc) is 3.34. The van der Waals surface area contributed by atoms with Crippen LogP contribution in [0, 0.1) is 17.5 Å². The monoisotopic (exact) mass is 598 g/mol. The number of rotatable bonds is 7. The summed E-state index contributed by atoms with van der Waals surface area (Å²) in [6.07, 6.45) is 0. The highest BCUT2D eigenvalue weighted by Crippen LogP contribution is 2.48. The van der Waals surface area contributed by atoms with Gasteiger partial charge in [0.2, 0.25) is 11.8 Å². The molecule has 0 saturated heterocycles. The number of hydrogen-bond acceptors (Lipinski definition) is 4.